The maximum Gasteiger partial charge on any atom is 0.269 e. The molecular weight excluding hydrogens is 463 g/mol. The minimum Gasteiger partial charge on any atom is -0.393 e. The Labute approximate surface area is 188 Å². The molecule has 2 aromatic rings. The van der Waals surface area contributed by atoms with Crippen molar-refractivity contribution in [1.29, 1.82) is 0 Å². The lowest BCUT2D eigenvalue weighted by Gasteiger charge is -2.32. The summed E-state index contributed by atoms with van der Waals surface area (Å²) in [6.45, 7) is 0.659. The number of halogens is 3. The van der Waals surface area contributed by atoms with E-state index >= 15 is 0 Å². The summed E-state index contributed by atoms with van der Waals surface area (Å²) in [5.41, 5.74) is -1.80. The van der Waals surface area contributed by atoms with E-state index < -0.39 is 45.9 Å². The number of hydrogen-bond donors (Lipinski definition) is 2. The molecule has 182 valence electrons. The smallest absolute Gasteiger partial charge is 0.269 e. The van der Waals surface area contributed by atoms with Crippen molar-refractivity contribution in [2.75, 3.05) is 24.7 Å². The molecule has 1 saturated carbocycles. The Balaban J connectivity index is 1.69. The molecule has 3 heterocycles. The molecule has 2 aliphatic rings. The van der Waals surface area contributed by atoms with Gasteiger partial charge in [-0.2, -0.15) is 4.98 Å². The zero-order valence-corrected chi connectivity index (χ0v) is 18.8. The third-order valence-electron chi connectivity index (χ3n) is 6.33. The average Bonchev–Trinajstić information content (AvgIpc) is 2.75. The van der Waals surface area contributed by atoms with Crippen molar-refractivity contribution in [3.63, 3.8) is 0 Å². The molecule has 3 atom stereocenters. The Hall–Kier alpha value is -2.25. The van der Waals surface area contributed by atoms with Gasteiger partial charge in [0.2, 0.25) is 16.0 Å². The highest BCUT2D eigenvalue weighted by Crippen LogP contribution is 2.33. The number of piperidine rings is 1. The number of anilines is 1. The SMILES string of the molecule is CS(=O)(=O)N1CCC(Nc2ncc3cc(C(F)F)c(=O)n([C@H]4C[C@H](O)CC[C@@H]4F)c3n2)CC1. The van der Waals surface area contributed by atoms with Crippen LogP contribution in [0.5, 0.6) is 0 Å². The third kappa shape index (κ3) is 4.99. The number of alkyl halides is 3. The summed E-state index contributed by atoms with van der Waals surface area (Å²) in [5, 5.41) is 13.3. The fourth-order valence-electron chi connectivity index (χ4n) is 4.54. The monoisotopic (exact) mass is 489 g/mol. The molecular formula is C20H26F3N5O4S. The number of pyridine rings is 1. The summed E-state index contributed by atoms with van der Waals surface area (Å²) in [7, 11) is -3.28. The number of sulfonamides is 1. The molecule has 13 heteroatoms. The van der Waals surface area contributed by atoms with E-state index in [1.165, 1.54) is 10.5 Å². The molecule has 0 unspecified atom stereocenters. The van der Waals surface area contributed by atoms with Crippen molar-refractivity contribution in [1.82, 2.24) is 18.8 Å². The number of aliphatic hydroxyl groups excluding tert-OH is 1. The lowest BCUT2D eigenvalue weighted by molar-refractivity contribution is 0.0549. The van der Waals surface area contributed by atoms with Gasteiger partial charge in [-0.1, -0.05) is 0 Å². The van der Waals surface area contributed by atoms with Crippen LogP contribution in [0, 0.1) is 0 Å². The minimum atomic E-state index is -3.28. The summed E-state index contributed by atoms with van der Waals surface area (Å²) >= 11 is 0. The van der Waals surface area contributed by atoms with Gasteiger partial charge in [0.15, 0.2) is 0 Å². The Morgan fingerprint density at radius 1 is 1.21 bits per heavy atom. The van der Waals surface area contributed by atoms with Gasteiger partial charge in [-0.3, -0.25) is 9.36 Å². The van der Waals surface area contributed by atoms with Gasteiger partial charge < -0.3 is 10.4 Å². The molecule has 1 aliphatic carbocycles. The molecule has 9 nitrogen and oxygen atoms in total. The van der Waals surface area contributed by atoms with Crippen LogP contribution in [-0.4, -0.2) is 70.0 Å². The van der Waals surface area contributed by atoms with Crippen LogP contribution in [0.15, 0.2) is 17.1 Å². The summed E-state index contributed by atoms with van der Waals surface area (Å²) < 4.78 is 67.5. The fraction of sp³-hybridized carbons (Fsp3) is 0.650. The van der Waals surface area contributed by atoms with Gasteiger partial charge in [-0.05, 0) is 38.2 Å². The molecule has 0 bridgehead atoms. The van der Waals surface area contributed by atoms with Gasteiger partial charge in [0.25, 0.3) is 12.0 Å². The predicted molar refractivity (Wildman–Crippen MR) is 116 cm³/mol. The molecule has 1 saturated heterocycles. The number of rotatable bonds is 5. The van der Waals surface area contributed by atoms with E-state index in [1.54, 1.807) is 0 Å². The predicted octanol–water partition coefficient (Wildman–Crippen LogP) is 1.99. The van der Waals surface area contributed by atoms with Crippen LogP contribution in [0.4, 0.5) is 19.1 Å². The highest BCUT2D eigenvalue weighted by molar-refractivity contribution is 7.88. The minimum absolute atomic E-state index is 0.00771. The van der Waals surface area contributed by atoms with Crippen LogP contribution in [0.2, 0.25) is 0 Å². The van der Waals surface area contributed by atoms with Crippen LogP contribution in [0.3, 0.4) is 0 Å². The van der Waals surface area contributed by atoms with Gasteiger partial charge in [-0.25, -0.2) is 30.9 Å². The Morgan fingerprint density at radius 2 is 1.91 bits per heavy atom. The summed E-state index contributed by atoms with van der Waals surface area (Å²) in [6, 6.07) is -0.241. The Morgan fingerprint density at radius 3 is 2.55 bits per heavy atom. The molecule has 0 amide bonds. The molecule has 2 aromatic heterocycles. The number of nitrogens with one attached hydrogen (secondary N) is 1. The van der Waals surface area contributed by atoms with Crippen molar-refractivity contribution in [3.8, 4) is 0 Å². The van der Waals surface area contributed by atoms with Crippen molar-refractivity contribution in [3.05, 3.63) is 28.2 Å². The largest absolute Gasteiger partial charge is 0.393 e. The van der Waals surface area contributed by atoms with Crippen LogP contribution in [-0.2, 0) is 10.0 Å². The first kappa shape index (κ1) is 23.9. The van der Waals surface area contributed by atoms with E-state index in [1.807, 2.05) is 0 Å². The fourth-order valence-corrected chi connectivity index (χ4v) is 5.42. The normalized spacial score (nSPS) is 25.6. The van der Waals surface area contributed by atoms with E-state index in [0.29, 0.717) is 25.9 Å². The molecule has 2 fully saturated rings. The average molecular weight is 490 g/mol. The lowest BCUT2D eigenvalue weighted by Crippen LogP contribution is -2.42. The second-order valence-corrected chi connectivity index (χ2v) is 10.7. The zero-order chi connectivity index (χ0) is 23.9. The first-order valence-electron chi connectivity index (χ1n) is 10.8. The molecule has 1 aliphatic heterocycles. The Kier molecular flexibility index (Phi) is 6.65. The zero-order valence-electron chi connectivity index (χ0n) is 18.0. The second kappa shape index (κ2) is 9.18. The first-order chi connectivity index (χ1) is 15.5. The standard InChI is InChI=1S/C20H26F3N5O4S/c1-33(31,32)27-6-4-12(5-7-27)25-20-24-10-11-8-14(17(22)23)19(30)28(18(11)26-20)16-9-13(29)2-3-15(16)21/h8,10,12-13,15-17,29H,2-7,9H2,1H3,(H,24,25,26)/t13-,15+,16+/m1/s1. The van der Waals surface area contributed by atoms with Crippen molar-refractivity contribution in [2.24, 2.45) is 0 Å². The molecule has 0 aromatic carbocycles. The number of hydrogen-bond acceptors (Lipinski definition) is 7. The van der Waals surface area contributed by atoms with E-state index in [0.717, 1.165) is 16.9 Å². The van der Waals surface area contributed by atoms with Crippen molar-refractivity contribution >= 4 is 27.0 Å². The molecule has 33 heavy (non-hydrogen) atoms. The summed E-state index contributed by atoms with van der Waals surface area (Å²) in [5.74, 6) is 0.130. The summed E-state index contributed by atoms with van der Waals surface area (Å²) in [6.07, 6.45) is -1.78. The Bertz CT molecular complexity index is 1180. The highest BCUT2D eigenvalue weighted by Gasteiger charge is 2.34. The highest BCUT2D eigenvalue weighted by atomic mass is 32.2. The lowest BCUT2D eigenvalue weighted by atomic mass is 9.90. The van der Waals surface area contributed by atoms with Crippen molar-refractivity contribution in [2.45, 2.75) is 62.9 Å². The van der Waals surface area contributed by atoms with E-state index in [9.17, 15) is 31.5 Å². The molecule has 4 rings (SSSR count). The van der Waals surface area contributed by atoms with E-state index in [-0.39, 0.29) is 42.3 Å². The summed E-state index contributed by atoms with van der Waals surface area (Å²) in [4.78, 5) is 21.4. The topological polar surface area (TPSA) is 117 Å². The van der Waals surface area contributed by atoms with Gasteiger partial charge in [0.1, 0.15) is 11.8 Å². The second-order valence-electron chi connectivity index (χ2n) is 8.68. The molecule has 0 radical (unpaired) electrons. The molecule has 2 N–H and O–H groups in total. The van der Waals surface area contributed by atoms with E-state index in [4.69, 9.17) is 0 Å². The van der Waals surface area contributed by atoms with Gasteiger partial charge in [0.05, 0.1) is 24.0 Å². The van der Waals surface area contributed by atoms with Gasteiger partial charge in [0, 0.05) is 30.7 Å². The van der Waals surface area contributed by atoms with Crippen LogP contribution in [0.1, 0.15) is 50.1 Å². The van der Waals surface area contributed by atoms with Gasteiger partial charge in [-0.15, -0.1) is 0 Å². The first-order valence-corrected chi connectivity index (χ1v) is 12.6. The van der Waals surface area contributed by atoms with E-state index in [2.05, 4.69) is 15.3 Å². The number of aliphatic hydroxyl groups is 1. The van der Waals surface area contributed by atoms with Gasteiger partial charge >= 0.3 is 0 Å². The van der Waals surface area contributed by atoms with Crippen LogP contribution in [0.25, 0.3) is 11.0 Å². The number of fused-ring (bicyclic) bond motifs is 1. The van der Waals surface area contributed by atoms with Crippen LogP contribution >= 0.6 is 0 Å². The quantitative estimate of drug-likeness (QED) is 0.660. The van der Waals surface area contributed by atoms with Crippen LogP contribution < -0.4 is 10.9 Å². The molecule has 0 spiro atoms. The third-order valence-corrected chi connectivity index (χ3v) is 7.63. The number of nitrogens with zero attached hydrogens (tertiary/aromatic N) is 4. The number of aromatic nitrogens is 3. The maximum atomic E-state index is 14.8. The van der Waals surface area contributed by atoms with Crippen molar-refractivity contribution < 1.29 is 26.7 Å². The maximum absolute atomic E-state index is 14.8.